The molecular formula is C9H9NO2S. The highest BCUT2D eigenvalue weighted by molar-refractivity contribution is 7.98. The molecule has 13 heavy (non-hydrogen) atoms. The first-order valence-corrected chi connectivity index (χ1v) is 5.05. The molecule has 0 aliphatic heterocycles. The quantitative estimate of drug-likeness (QED) is 0.690. The van der Waals surface area contributed by atoms with Crippen molar-refractivity contribution >= 4 is 22.9 Å². The van der Waals surface area contributed by atoms with Gasteiger partial charge in [-0.3, -0.25) is 0 Å². The number of ether oxygens (including phenoxy) is 1. The molecule has 2 rings (SSSR count). The van der Waals surface area contributed by atoms with Crippen LogP contribution in [0.3, 0.4) is 0 Å². The zero-order valence-electron chi connectivity index (χ0n) is 7.40. The lowest BCUT2D eigenvalue weighted by Crippen LogP contribution is -1.81. The van der Waals surface area contributed by atoms with Crippen LogP contribution in [0, 0.1) is 0 Å². The molecule has 0 radical (unpaired) electrons. The highest BCUT2D eigenvalue weighted by atomic mass is 32.2. The molecule has 0 unspecified atom stereocenters. The molecule has 0 saturated heterocycles. The minimum Gasteiger partial charge on any atom is -0.493 e. The number of nitrogens with zero attached hydrogens (tertiary/aromatic N) is 1. The third-order valence-corrected chi connectivity index (χ3v) is 2.28. The molecule has 0 bridgehead atoms. The van der Waals surface area contributed by atoms with Gasteiger partial charge in [-0.25, -0.2) is 4.98 Å². The summed E-state index contributed by atoms with van der Waals surface area (Å²) in [4.78, 5) is 4.26. The number of para-hydroxylation sites is 1. The molecule has 3 nitrogen and oxygen atoms in total. The van der Waals surface area contributed by atoms with E-state index in [0.29, 0.717) is 10.8 Å². The van der Waals surface area contributed by atoms with Crippen molar-refractivity contribution in [1.82, 2.24) is 4.98 Å². The summed E-state index contributed by atoms with van der Waals surface area (Å²) in [6.07, 6.45) is 1.93. The fraction of sp³-hybridized carbons (Fsp3) is 0.222. The third-order valence-electron chi connectivity index (χ3n) is 1.75. The van der Waals surface area contributed by atoms with Gasteiger partial charge in [0.15, 0.2) is 11.3 Å². The van der Waals surface area contributed by atoms with Crippen LogP contribution in [0.1, 0.15) is 0 Å². The van der Waals surface area contributed by atoms with E-state index in [2.05, 4.69) is 4.98 Å². The number of benzene rings is 1. The molecule has 0 aliphatic carbocycles. The van der Waals surface area contributed by atoms with Gasteiger partial charge < -0.3 is 9.15 Å². The van der Waals surface area contributed by atoms with Gasteiger partial charge in [0.2, 0.25) is 0 Å². The van der Waals surface area contributed by atoms with Crippen molar-refractivity contribution in [3.63, 3.8) is 0 Å². The van der Waals surface area contributed by atoms with Gasteiger partial charge in [-0.2, -0.15) is 0 Å². The van der Waals surface area contributed by atoms with E-state index < -0.39 is 0 Å². The smallest absolute Gasteiger partial charge is 0.256 e. The number of methoxy groups -OCH3 is 1. The Hall–Kier alpha value is -1.16. The maximum atomic E-state index is 5.47. The first kappa shape index (κ1) is 8.44. The maximum Gasteiger partial charge on any atom is 0.256 e. The Morgan fingerprint density at radius 1 is 1.46 bits per heavy atom. The highest BCUT2D eigenvalue weighted by Crippen LogP contribution is 2.28. The lowest BCUT2D eigenvalue weighted by atomic mass is 10.3. The Morgan fingerprint density at radius 3 is 3.00 bits per heavy atom. The first-order chi connectivity index (χ1) is 6.35. The van der Waals surface area contributed by atoms with Crippen LogP contribution in [0.25, 0.3) is 11.1 Å². The van der Waals surface area contributed by atoms with E-state index in [0.717, 1.165) is 11.3 Å². The molecule has 2 aromatic rings. The fourth-order valence-corrected chi connectivity index (χ4v) is 1.51. The van der Waals surface area contributed by atoms with Gasteiger partial charge in [0.1, 0.15) is 5.52 Å². The number of hydrogen-bond acceptors (Lipinski definition) is 4. The number of hydrogen-bond donors (Lipinski definition) is 0. The molecule has 4 heteroatoms. The lowest BCUT2D eigenvalue weighted by molar-refractivity contribution is 0.401. The summed E-state index contributed by atoms with van der Waals surface area (Å²) in [5, 5.41) is 0.666. The van der Waals surface area contributed by atoms with Gasteiger partial charge >= 0.3 is 0 Å². The van der Waals surface area contributed by atoms with Crippen molar-refractivity contribution in [2.45, 2.75) is 5.22 Å². The molecule has 68 valence electrons. The summed E-state index contributed by atoms with van der Waals surface area (Å²) < 4.78 is 10.6. The Bertz CT molecular complexity index is 424. The van der Waals surface area contributed by atoms with Crippen molar-refractivity contribution in [3.8, 4) is 5.75 Å². The molecule has 0 atom stereocenters. The first-order valence-electron chi connectivity index (χ1n) is 3.82. The minimum atomic E-state index is 0.666. The molecule has 0 aliphatic rings. The molecule has 0 amide bonds. The third kappa shape index (κ3) is 1.37. The summed E-state index contributed by atoms with van der Waals surface area (Å²) in [6, 6.07) is 5.66. The van der Waals surface area contributed by atoms with Gasteiger partial charge in [-0.15, -0.1) is 0 Å². The number of oxazole rings is 1. The summed E-state index contributed by atoms with van der Waals surface area (Å²) in [5.41, 5.74) is 1.55. The van der Waals surface area contributed by atoms with Gasteiger partial charge in [0.25, 0.3) is 5.22 Å². The van der Waals surface area contributed by atoms with E-state index in [-0.39, 0.29) is 0 Å². The van der Waals surface area contributed by atoms with Gasteiger partial charge in [-0.1, -0.05) is 17.8 Å². The Morgan fingerprint density at radius 2 is 2.31 bits per heavy atom. The normalized spacial score (nSPS) is 10.6. The van der Waals surface area contributed by atoms with Crippen molar-refractivity contribution in [1.29, 1.82) is 0 Å². The Labute approximate surface area is 80.1 Å². The largest absolute Gasteiger partial charge is 0.493 e. The van der Waals surface area contributed by atoms with Crippen LogP contribution in [-0.4, -0.2) is 18.3 Å². The standard InChI is InChI=1S/C9H9NO2S/c1-11-7-5-3-4-6-8(7)12-9(10-6)13-2/h3-5H,1-2H3. The molecule has 0 spiro atoms. The average Bonchev–Trinajstić information content (AvgIpc) is 2.59. The molecule has 1 heterocycles. The van der Waals surface area contributed by atoms with Gasteiger partial charge in [-0.05, 0) is 18.4 Å². The van der Waals surface area contributed by atoms with Crippen LogP contribution in [0.15, 0.2) is 27.8 Å². The Balaban J connectivity index is 2.67. The molecule has 0 N–H and O–H groups in total. The topological polar surface area (TPSA) is 35.3 Å². The van der Waals surface area contributed by atoms with Crippen LogP contribution in [-0.2, 0) is 0 Å². The molecular weight excluding hydrogens is 186 g/mol. The SMILES string of the molecule is COc1cccc2nc(SC)oc12. The second kappa shape index (κ2) is 3.30. The van der Waals surface area contributed by atoms with E-state index in [1.54, 1.807) is 7.11 Å². The lowest BCUT2D eigenvalue weighted by Gasteiger charge is -1.96. The predicted molar refractivity (Wildman–Crippen MR) is 52.3 cm³/mol. The van der Waals surface area contributed by atoms with Gasteiger partial charge in [0, 0.05) is 0 Å². The molecule has 1 aromatic heterocycles. The summed E-state index contributed by atoms with van der Waals surface area (Å²) in [5.74, 6) is 0.727. The molecule has 0 saturated carbocycles. The highest BCUT2D eigenvalue weighted by Gasteiger charge is 2.08. The second-order valence-corrected chi connectivity index (χ2v) is 3.25. The molecule has 1 aromatic carbocycles. The Kier molecular flexibility index (Phi) is 2.14. The van der Waals surface area contributed by atoms with Crippen LogP contribution >= 0.6 is 11.8 Å². The van der Waals surface area contributed by atoms with Gasteiger partial charge in [0.05, 0.1) is 7.11 Å². The van der Waals surface area contributed by atoms with E-state index >= 15 is 0 Å². The van der Waals surface area contributed by atoms with Crippen molar-refractivity contribution in [2.24, 2.45) is 0 Å². The number of thioether (sulfide) groups is 1. The number of rotatable bonds is 2. The fourth-order valence-electron chi connectivity index (χ4n) is 1.15. The monoisotopic (exact) mass is 195 g/mol. The zero-order chi connectivity index (χ0) is 9.26. The van der Waals surface area contributed by atoms with Crippen LogP contribution in [0.4, 0.5) is 0 Å². The summed E-state index contributed by atoms with van der Waals surface area (Å²) >= 11 is 1.48. The van der Waals surface area contributed by atoms with Crippen LogP contribution in [0.5, 0.6) is 5.75 Å². The van der Waals surface area contributed by atoms with E-state index in [1.165, 1.54) is 11.8 Å². The van der Waals surface area contributed by atoms with E-state index in [4.69, 9.17) is 9.15 Å². The zero-order valence-corrected chi connectivity index (χ0v) is 8.22. The minimum absolute atomic E-state index is 0.666. The number of fused-ring (bicyclic) bond motifs is 1. The van der Waals surface area contributed by atoms with E-state index in [9.17, 15) is 0 Å². The number of aromatic nitrogens is 1. The second-order valence-electron chi connectivity index (χ2n) is 2.49. The van der Waals surface area contributed by atoms with E-state index in [1.807, 2.05) is 24.5 Å². The average molecular weight is 195 g/mol. The van der Waals surface area contributed by atoms with Crippen molar-refractivity contribution < 1.29 is 9.15 Å². The van der Waals surface area contributed by atoms with Crippen molar-refractivity contribution in [3.05, 3.63) is 18.2 Å². The molecule has 0 fully saturated rings. The maximum absolute atomic E-state index is 5.47. The van der Waals surface area contributed by atoms with Crippen molar-refractivity contribution in [2.75, 3.05) is 13.4 Å². The van der Waals surface area contributed by atoms with Crippen LogP contribution in [0.2, 0.25) is 0 Å². The summed E-state index contributed by atoms with van der Waals surface area (Å²) in [6.45, 7) is 0. The summed E-state index contributed by atoms with van der Waals surface area (Å²) in [7, 11) is 1.62. The predicted octanol–water partition coefficient (Wildman–Crippen LogP) is 2.56. The van der Waals surface area contributed by atoms with Crippen LogP contribution < -0.4 is 4.74 Å².